The molecule has 0 saturated carbocycles. The standard InChI is InChI=1S/C12H16N4O2/c1-7(2)8(3)15-10-4-5-13-11-9(12(17)18)6-14-16(10)11/h4-8,15H,1-3H3,(H,17,18)/t8-/m1/s1. The summed E-state index contributed by atoms with van der Waals surface area (Å²) in [5.74, 6) is 0.183. The highest BCUT2D eigenvalue weighted by Crippen LogP contribution is 2.16. The molecular formula is C12H16N4O2. The summed E-state index contributed by atoms with van der Waals surface area (Å²) in [6.45, 7) is 6.29. The molecule has 6 nitrogen and oxygen atoms in total. The maximum atomic E-state index is 11.0. The molecule has 0 unspecified atom stereocenters. The fourth-order valence-corrected chi connectivity index (χ4v) is 1.55. The van der Waals surface area contributed by atoms with Crippen molar-refractivity contribution >= 4 is 17.4 Å². The van der Waals surface area contributed by atoms with Gasteiger partial charge in [0, 0.05) is 12.2 Å². The Labute approximate surface area is 105 Å². The molecule has 18 heavy (non-hydrogen) atoms. The zero-order valence-corrected chi connectivity index (χ0v) is 10.6. The third kappa shape index (κ3) is 2.13. The molecule has 2 heterocycles. The number of aromatic carboxylic acids is 1. The predicted molar refractivity (Wildman–Crippen MR) is 67.9 cm³/mol. The van der Waals surface area contributed by atoms with Gasteiger partial charge in [-0.3, -0.25) is 0 Å². The fraction of sp³-hybridized carbons (Fsp3) is 0.417. The molecule has 0 saturated heterocycles. The topological polar surface area (TPSA) is 79.5 Å². The van der Waals surface area contributed by atoms with Gasteiger partial charge in [-0.05, 0) is 18.9 Å². The summed E-state index contributed by atoms with van der Waals surface area (Å²) in [4.78, 5) is 15.1. The second-order valence-corrected chi connectivity index (χ2v) is 4.61. The molecule has 0 aliphatic heterocycles. The smallest absolute Gasteiger partial charge is 0.341 e. The number of nitrogens with one attached hydrogen (secondary N) is 1. The van der Waals surface area contributed by atoms with Crippen molar-refractivity contribution in [3.63, 3.8) is 0 Å². The van der Waals surface area contributed by atoms with Crippen LogP contribution in [0.25, 0.3) is 5.65 Å². The molecule has 0 spiro atoms. The molecule has 0 aromatic carbocycles. The quantitative estimate of drug-likeness (QED) is 0.863. The van der Waals surface area contributed by atoms with Crippen molar-refractivity contribution in [3.05, 3.63) is 24.0 Å². The minimum Gasteiger partial charge on any atom is -0.477 e. The van der Waals surface area contributed by atoms with Crippen molar-refractivity contribution in [2.75, 3.05) is 5.32 Å². The highest BCUT2D eigenvalue weighted by molar-refractivity contribution is 5.94. The van der Waals surface area contributed by atoms with E-state index in [4.69, 9.17) is 5.11 Å². The van der Waals surface area contributed by atoms with Gasteiger partial charge in [0.1, 0.15) is 11.4 Å². The highest BCUT2D eigenvalue weighted by Gasteiger charge is 2.15. The van der Waals surface area contributed by atoms with E-state index in [0.29, 0.717) is 11.6 Å². The summed E-state index contributed by atoms with van der Waals surface area (Å²) in [5.41, 5.74) is 0.458. The van der Waals surface area contributed by atoms with Gasteiger partial charge in [-0.2, -0.15) is 9.61 Å². The summed E-state index contributed by atoms with van der Waals surface area (Å²) in [6, 6.07) is 2.04. The van der Waals surface area contributed by atoms with E-state index in [-0.39, 0.29) is 11.6 Å². The van der Waals surface area contributed by atoms with E-state index < -0.39 is 5.97 Å². The number of carbonyl (C=O) groups is 1. The lowest BCUT2D eigenvalue weighted by Crippen LogP contribution is -2.23. The summed E-state index contributed by atoms with van der Waals surface area (Å²) in [5, 5.41) is 16.4. The second-order valence-electron chi connectivity index (χ2n) is 4.61. The van der Waals surface area contributed by atoms with Crippen molar-refractivity contribution in [1.29, 1.82) is 0 Å². The van der Waals surface area contributed by atoms with Crippen molar-refractivity contribution in [2.24, 2.45) is 5.92 Å². The molecule has 96 valence electrons. The van der Waals surface area contributed by atoms with E-state index in [1.165, 1.54) is 10.7 Å². The number of rotatable bonds is 4. The summed E-state index contributed by atoms with van der Waals surface area (Å²) < 4.78 is 1.52. The van der Waals surface area contributed by atoms with E-state index in [0.717, 1.165) is 5.82 Å². The first-order valence-electron chi connectivity index (χ1n) is 5.83. The molecule has 2 N–H and O–H groups in total. The zero-order valence-electron chi connectivity index (χ0n) is 10.6. The molecular weight excluding hydrogens is 232 g/mol. The first-order chi connectivity index (χ1) is 8.50. The van der Waals surface area contributed by atoms with Crippen LogP contribution >= 0.6 is 0 Å². The van der Waals surface area contributed by atoms with Gasteiger partial charge in [0.15, 0.2) is 5.65 Å². The Bertz CT molecular complexity index is 576. The number of hydrogen-bond acceptors (Lipinski definition) is 4. The number of nitrogens with zero attached hydrogens (tertiary/aromatic N) is 3. The highest BCUT2D eigenvalue weighted by atomic mass is 16.4. The molecule has 1 atom stereocenters. The second kappa shape index (κ2) is 4.64. The van der Waals surface area contributed by atoms with E-state index in [1.807, 2.05) is 0 Å². The van der Waals surface area contributed by atoms with Crippen molar-refractivity contribution in [2.45, 2.75) is 26.8 Å². The Morgan fingerprint density at radius 1 is 1.44 bits per heavy atom. The third-order valence-electron chi connectivity index (χ3n) is 3.01. The van der Waals surface area contributed by atoms with Crippen LogP contribution in [-0.4, -0.2) is 31.7 Å². The van der Waals surface area contributed by atoms with Crippen molar-refractivity contribution in [1.82, 2.24) is 14.6 Å². The van der Waals surface area contributed by atoms with E-state index >= 15 is 0 Å². The Morgan fingerprint density at radius 3 is 2.78 bits per heavy atom. The van der Waals surface area contributed by atoms with Crippen molar-refractivity contribution < 1.29 is 9.90 Å². The Morgan fingerprint density at radius 2 is 2.17 bits per heavy atom. The Balaban J connectivity index is 2.44. The van der Waals surface area contributed by atoms with Crippen LogP contribution in [0.5, 0.6) is 0 Å². The number of fused-ring (bicyclic) bond motifs is 1. The lowest BCUT2D eigenvalue weighted by molar-refractivity contribution is 0.0699. The molecule has 0 aliphatic carbocycles. The van der Waals surface area contributed by atoms with Gasteiger partial charge in [0.05, 0.1) is 6.20 Å². The van der Waals surface area contributed by atoms with Crippen LogP contribution in [0.15, 0.2) is 18.5 Å². The third-order valence-corrected chi connectivity index (χ3v) is 3.01. The van der Waals surface area contributed by atoms with E-state index in [1.54, 1.807) is 12.3 Å². The molecule has 6 heteroatoms. The van der Waals surface area contributed by atoms with Crippen LogP contribution in [0.2, 0.25) is 0 Å². The Hall–Kier alpha value is -2.11. The van der Waals surface area contributed by atoms with E-state index in [2.05, 4.69) is 36.2 Å². The largest absolute Gasteiger partial charge is 0.477 e. The molecule has 0 aliphatic rings. The minimum absolute atomic E-state index is 0.107. The van der Waals surface area contributed by atoms with Crippen molar-refractivity contribution in [3.8, 4) is 0 Å². The van der Waals surface area contributed by atoms with Gasteiger partial charge in [-0.25, -0.2) is 9.78 Å². The predicted octanol–water partition coefficient (Wildman–Crippen LogP) is 1.88. The molecule has 2 aromatic heterocycles. The van der Waals surface area contributed by atoms with Gasteiger partial charge in [0.25, 0.3) is 0 Å². The lowest BCUT2D eigenvalue weighted by atomic mass is 10.1. The summed E-state index contributed by atoms with van der Waals surface area (Å²) in [7, 11) is 0. The molecule has 0 fully saturated rings. The fourth-order valence-electron chi connectivity index (χ4n) is 1.55. The molecule has 0 radical (unpaired) electrons. The normalized spacial score (nSPS) is 12.9. The monoisotopic (exact) mass is 248 g/mol. The maximum Gasteiger partial charge on any atom is 0.341 e. The van der Waals surface area contributed by atoms with Crippen LogP contribution in [0, 0.1) is 5.92 Å². The summed E-state index contributed by atoms with van der Waals surface area (Å²) >= 11 is 0. The number of hydrogen-bond donors (Lipinski definition) is 2. The Kier molecular flexibility index (Phi) is 3.18. The lowest BCUT2D eigenvalue weighted by Gasteiger charge is -2.18. The number of carboxylic acid groups (broad SMARTS) is 1. The number of anilines is 1. The van der Waals surface area contributed by atoms with Gasteiger partial charge in [0.2, 0.25) is 0 Å². The molecule has 2 rings (SSSR count). The first kappa shape index (κ1) is 12.3. The average molecular weight is 248 g/mol. The van der Waals surface area contributed by atoms with Crippen LogP contribution < -0.4 is 5.32 Å². The first-order valence-corrected chi connectivity index (χ1v) is 5.83. The van der Waals surface area contributed by atoms with Gasteiger partial charge >= 0.3 is 5.97 Å². The molecule has 2 aromatic rings. The SMILES string of the molecule is CC(C)[C@@H](C)Nc1ccnc2c(C(=O)O)cnn12. The van der Waals surface area contributed by atoms with Crippen LogP contribution in [0.1, 0.15) is 31.1 Å². The molecule has 0 bridgehead atoms. The minimum atomic E-state index is -1.02. The zero-order chi connectivity index (χ0) is 13.3. The van der Waals surface area contributed by atoms with Gasteiger partial charge < -0.3 is 10.4 Å². The van der Waals surface area contributed by atoms with Gasteiger partial charge in [-0.15, -0.1) is 0 Å². The van der Waals surface area contributed by atoms with Crippen LogP contribution in [-0.2, 0) is 0 Å². The molecule has 0 amide bonds. The van der Waals surface area contributed by atoms with E-state index in [9.17, 15) is 4.79 Å². The summed E-state index contributed by atoms with van der Waals surface area (Å²) in [6.07, 6.45) is 2.90. The van der Waals surface area contributed by atoms with Gasteiger partial charge in [-0.1, -0.05) is 13.8 Å². The number of aromatic nitrogens is 3. The van der Waals surface area contributed by atoms with Crippen LogP contribution in [0.4, 0.5) is 5.82 Å². The average Bonchev–Trinajstić information content (AvgIpc) is 2.73. The maximum absolute atomic E-state index is 11.0. The number of carboxylic acids is 1. The van der Waals surface area contributed by atoms with Crippen LogP contribution in [0.3, 0.4) is 0 Å².